The van der Waals surface area contributed by atoms with Gasteiger partial charge < -0.3 is 14.8 Å². The highest BCUT2D eigenvalue weighted by Gasteiger charge is 2.27. The van der Waals surface area contributed by atoms with Crippen molar-refractivity contribution in [3.05, 3.63) is 60.9 Å². The van der Waals surface area contributed by atoms with Crippen LogP contribution < -0.4 is 14.8 Å². The van der Waals surface area contributed by atoms with E-state index < -0.39 is 10.0 Å². The minimum atomic E-state index is -3.46. The molecule has 0 unspecified atom stereocenters. The van der Waals surface area contributed by atoms with Gasteiger partial charge in [-0.2, -0.15) is 4.31 Å². The summed E-state index contributed by atoms with van der Waals surface area (Å²) in [4.78, 5) is 9.50. The average Bonchev–Trinajstić information content (AvgIpc) is 3.57. The Kier molecular flexibility index (Phi) is 5.84. The number of hydrogen-bond acceptors (Lipinski definition) is 7. The number of anilines is 2. The fourth-order valence-corrected chi connectivity index (χ4v) is 5.59. The predicted molar refractivity (Wildman–Crippen MR) is 129 cm³/mol. The molecule has 0 radical (unpaired) electrons. The maximum Gasteiger partial charge on any atom is 0.243 e. The van der Waals surface area contributed by atoms with Crippen molar-refractivity contribution in [2.45, 2.75) is 17.7 Å². The van der Waals surface area contributed by atoms with Gasteiger partial charge in [-0.05, 0) is 55.3 Å². The van der Waals surface area contributed by atoms with Crippen LogP contribution in [0.3, 0.4) is 0 Å². The van der Waals surface area contributed by atoms with E-state index in [1.165, 1.54) is 0 Å². The molecule has 1 saturated heterocycles. The molecule has 0 saturated carbocycles. The quantitative estimate of drug-likeness (QED) is 0.429. The van der Waals surface area contributed by atoms with Crippen LogP contribution in [0.2, 0.25) is 0 Å². The lowest BCUT2D eigenvalue weighted by atomic mass is 10.1. The van der Waals surface area contributed by atoms with E-state index in [0.717, 1.165) is 24.1 Å². The summed E-state index contributed by atoms with van der Waals surface area (Å²) < 4.78 is 39.7. The molecule has 34 heavy (non-hydrogen) atoms. The topological polar surface area (TPSA) is 98.1 Å². The van der Waals surface area contributed by atoms with Gasteiger partial charge in [-0.1, -0.05) is 0 Å². The highest BCUT2D eigenvalue weighted by Crippen LogP contribution is 2.33. The summed E-state index contributed by atoms with van der Waals surface area (Å²) in [6, 6.07) is 14.2. The second-order valence-corrected chi connectivity index (χ2v) is 9.89. The lowest BCUT2D eigenvalue weighted by Gasteiger charge is -2.16. The molecule has 4 aromatic rings. The van der Waals surface area contributed by atoms with Gasteiger partial charge in [0.15, 0.2) is 11.5 Å². The monoisotopic (exact) mass is 479 g/mol. The molecule has 0 amide bonds. The minimum absolute atomic E-state index is 0.291. The molecule has 1 aliphatic rings. The highest BCUT2D eigenvalue weighted by atomic mass is 32.2. The molecular weight excluding hydrogens is 454 g/mol. The molecule has 5 rings (SSSR count). The molecule has 1 fully saturated rings. The molecule has 0 spiro atoms. The van der Waals surface area contributed by atoms with Gasteiger partial charge >= 0.3 is 0 Å². The summed E-state index contributed by atoms with van der Waals surface area (Å²) in [5.41, 5.74) is 2.98. The number of benzene rings is 2. The van der Waals surface area contributed by atoms with Gasteiger partial charge in [0.1, 0.15) is 5.65 Å². The lowest BCUT2D eigenvalue weighted by molar-refractivity contribution is 0.355. The zero-order chi connectivity index (χ0) is 23.7. The smallest absolute Gasteiger partial charge is 0.243 e. The maximum atomic E-state index is 12.8. The van der Waals surface area contributed by atoms with E-state index in [1.807, 2.05) is 34.9 Å². The van der Waals surface area contributed by atoms with Crippen molar-refractivity contribution >= 4 is 27.3 Å². The fraction of sp³-hybridized carbons (Fsp3) is 0.250. The van der Waals surface area contributed by atoms with Gasteiger partial charge in [0, 0.05) is 42.8 Å². The van der Waals surface area contributed by atoms with Gasteiger partial charge in [0.25, 0.3) is 0 Å². The van der Waals surface area contributed by atoms with Crippen LogP contribution in [0.25, 0.3) is 16.9 Å². The number of nitrogens with zero attached hydrogens (tertiary/aromatic N) is 4. The first-order chi connectivity index (χ1) is 16.5. The second-order valence-electron chi connectivity index (χ2n) is 7.95. The van der Waals surface area contributed by atoms with Gasteiger partial charge in [-0.15, -0.1) is 0 Å². The number of aromatic nitrogens is 3. The Hall–Kier alpha value is -3.63. The molecule has 0 aliphatic carbocycles. The average molecular weight is 480 g/mol. The number of rotatable bonds is 7. The van der Waals surface area contributed by atoms with Gasteiger partial charge in [0.05, 0.1) is 24.8 Å². The van der Waals surface area contributed by atoms with E-state index in [-0.39, 0.29) is 0 Å². The van der Waals surface area contributed by atoms with Crippen LogP contribution >= 0.6 is 0 Å². The Morgan fingerprint density at radius 1 is 0.941 bits per heavy atom. The number of hydrogen-bond donors (Lipinski definition) is 1. The standard InChI is InChI=1S/C24H25N5O4S/c1-32-21-10-5-17(15-22(21)33-2)20-16-23-25-11-14-29(23)24(27-20)26-18-6-8-19(9-7-18)34(30,31)28-12-3-4-13-28/h5-11,14-16H,3-4,12-13H2,1-2H3,(H,26,27). The SMILES string of the molecule is COc1ccc(-c2cc3nccn3c(Nc3ccc(S(=O)(=O)N4CCCC4)cc3)n2)cc1OC. The Labute approximate surface area is 198 Å². The third-order valence-electron chi connectivity index (χ3n) is 5.88. The van der Waals surface area contributed by atoms with E-state index in [2.05, 4.69) is 10.3 Å². The summed E-state index contributed by atoms with van der Waals surface area (Å²) >= 11 is 0. The Bertz CT molecular complexity index is 1430. The summed E-state index contributed by atoms with van der Waals surface area (Å²) in [6.07, 6.45) is 5.32. The molecule has 1 N–H and O–H groups in total. The zero-order valence-electron chi connectivity index (χ0n) is 18.9. The van der Waals surface area contributed by atoms with E-state index in [1.54, 1.807) is 49.0 Å². The number of ether oxygens (including phenoxy) is 2. The number of methoxy groups -OCH3 is 2. The first-order valence-electron chi connectivity index (χ1n) is 10.9. The lowest BCUT2D eigenvalue weighted by Crippen LogP contribution is -2.27. The summed E-state index contributed by atoms with van der Waals surface area (Å²) in [5.74, 6) is 1.79. The predicted octanol–water partition coefficient (Wildman–Crippen LogP) is 3.94. The van der Waals surface area contributed by atoms with E-state index in [0.29, 0.717) is 46.8 Å². The highest BCUT2D eigenvalue weighted by molar-refractivity contribution is 7.89. The van der Waals surface area contributed by atoms with Crippen LogP contribution in [-0.2, 0) is 10.0 Å². The Morgan fingerprint density at radius 3 is 2.38 bits per heavy atom. The van der Waals surface area contributed by atoms with Crippen molar-refractivity contribution in [3.8, 4) is 22.8 Å². The molecular formula is C24H25N5O4S. The molecule has 176 valence electrons. The summed E-state index contributed by atoms with van der Waals surface area (Å²) in [5, 5.41) is 3.29. The third-order valence-corrected chi connectivity index (χ3v) is 7.80. The van der Waals surface area contributed by atoms with Crippen molar-refractivity contribution in [1.82, 2.24) is 18.7 Å². The van der Waals surface area contributed by atoms with E-state index in [9.17, 15) is 8.42 Å². The van der Waals surface area contributed by atoms with Crippen LogP contribution in [-0.4, -0.2) is 54.4 Å². The zero-order valence-corrected chi connectivity index (χ0v) is 19.7. The second kappa shape index (κ2) is 8.96. The molecule has 1 aliphatic heterocycles. The molecule has 2 aromatic carbocycles. The largest absolute Gasteiger partial charge is 0.493 e. The van der Waals surface area contributed by atoms with Gasteiger partial charge in [-0.25, -0.2) is 18.4 Å². The molecule has 2 aromatic heterocycles. The van der Waals surface area contributed by atoms with Crippen LogP contribution in [0.4, 0.5) is 11.6 Å². The fourth-order valence-electron chi connectivity index (χ4n) is 4.07. The summed E-state index contributed by atoms with van der Waals surface area (Å²) in [7, 11) is -0.273. The molecule has 10 heteroatoms. The third kappa shape index (κ3) is 4.06. The summed E-state index contributed by atoms with van der Waals surface area (Å²) in [6.45, 7) is 1.15. The van der Waals surface area contributed by atoms with Crippen molar-refractivity contribution < 1.29 is 17.9 Å². The molecule has 0 bridgehead atoms. The van der Waals surface area contributed by atoms with Crippen LogP contribution in [0.15, 0.2) is 65.8 Å². The van der Waals surface area contributed by atoms with Gasteiger partial charge in [0.2, 0.25) is 16.0 Å². The van der Waals surface area contributed by atoms with Crippen LogP contribution in [0.5, 0.6) is 11.5 Å². The molecule has 3 heterocycles. The van der Waals surface area contributed by atoms with Crippen LogP contribution in [0.1, 0.15) is 12.8 Å². The number of sulfonamides is 1. The van der Waals surface area contributed by atoms with Crippen molar-refractivity contribution in [2.24, 2.45) is 0 Å². The van der Waals surface area contributed by atoms with Crippen molar-refractivity contribution in [1.29, 1.82) is 0 Å². The van der Waals surface area contributed by atoms with Gasteiger partial charge in [-0.3, -0.25) is 4.40 Å². The number of imidazole rings is 1. The maximum absolute atomic E-state index is 12.8. The van der Waals surface area contributed by atoms with E-state index in [4.69, 9.17) is 14.5 Å². The normalized spacial score (nSPS) is 14.4. The first kappa shape index (κ1) is 22.2. The molecule has 0 atom stereocenters. The number of nitrogens with one attached hydrogen (secondary N) is 1. The van der Waals surface area contributed by atoms with Crippen molar-refractivity contribution in [3.63, 3.8) is 0 Å². The van der Waals surface area contributed by atoms with Crippen LogP contribution in [0, 0.1) is 0 Å². The van der Waals surface area contributed by atoms with E-state index >= 15 is 0 Å². The minimum Gasteiger partial charge on any atom is -0.493 e. The Balaban J connectivity index is 1.47. The number of fused-ring (bicyclic) bond motifs is 1. The Morgan fingerprint density at radius 2 is 1.68 bits per heavy atom. The molecule has 9 nitrogen and oxygen atoms in total. The van der Waals surface area contributed by atoms with Crippen molar-refractivity contribution in [2.75, 3.05) is 32.6 Å². The first-order valence-corrected chi connectivity index (χ1v) is 12.4.